The molecule has 0 saturated heterocycles. The first kappa shape index (κ1) is 82.4. The van der Waals surface area contributed by atoms with Crippen molar-refractivity contribution in [3.8, 4) is 23.0 Å². The predicted octanol–water partition coefficient (Wildman–Crippen LogP) is 21.6. The molecule has 8 heteroatoms. The van der Waals surface area contributed by atoms with Crippen LogP contribution in [0.4, 0.5) is 0 Å². The highest BCUT2D eigenvalue weighted by molar-refractivity contribution is 5.29. The lowest BCUT2D eigenvalue weighted by Crippen LogP contribution is -2.33. The van der Waals surface area contributed by atoms with Crippen molar-refractivity contribution in [1.29, 1.82) is 0 Å². The Balaban J connectivity index is -0.000000212. The minimum Gasteiger partial charge on any atom is -0.508 e. The largest absolute Gasteiger partial charge is 0.508 e. The quantitative estimate of drug-likeness (QED) is 0.107. The predicted molar refractivity (Wildman–Crippen MR) is 334 cm³/mol. The van der Waals surface area contributed by atoms with E-state index in [1.54, 1.807) is 24.3 Å². The van der Waals surface area contributed by atoms with Crippen molar-refractivity contribution >= 4 is 0 Å². The van der Waals surface area contributed by atoms with Crippen LogP contribution in [0.5, 0.6) is 23.0 Å². The highest BCUT2D eigenvalue weighted by Crippen LogP contribution is 2.27. The summed E-state index contributed by atoms with van der Waals surface area (Å²) in [5.41, 5.74) is 4.55. The van der Waals surface area contributed by atoms with Gasteiger partial charge in [0.1, 0.15) is 23.0 Å². The molecular weight excluding hydrogens is 945 g/mol. The van der Waals surface area contributed by atoms with Crippen LogP contribution in [0, 0.1) is 27.7 Å². The molecule has 2 aliphatic rings. The maximum Gasteiger partial charge on any atom is 0.197 e. The third kappa shape index (κ3) is 53.9. The molecule has 2 aliphatic carbocycles. The molecule has 0 radical (unpaired) electrons. The zero-order chi connectivity index (χ0) is 59.5. The van der Waals surface area contributed by atoms with Crippen LogP contribution in [0.3, 0.4) is 0 Å². The van der Waals surface area contributed by atoms with Gasteiger partial charge in [0.25, 0.3) is 0 Å². The average molecular weight is 1070 g/mol. The minimum atomic E-state index is -0.257. The Morgan fingerprint density at radius 1 is 0.408 bits per heavy atom. The van der Waals surface area contributed by atoms with Gasteiger partial charge in [-0.25, -0.2) is 0 Å². The molecule has 4 aromatic carbocycles. The molecular formula is C68H120O8. The van der Waals surface area contributed by atoms with Crippen molar-refractivity contribution in [3.63, 3.8) is 0 Å². The number of ether oxygens (including phenoxy) is 6. The number of benzene rings is 4. The number of aryl methyl sites for hydroxylation is 4. The van der Waals surface area contributed by atoms with Gasteiger partial charge in [-0.2, -0.15) is 0 Å². The van der Waals surface area contributed by atoms with Gasteiger partial charge in [0.15, 0.2) is 12.6 Å². The molecule has 2 unspecified atom stereocenters. The molecule has 0 bridgehead atoms. The second kappa shape index (κ2) is 62.6. The maximum absolute atomic E-state index is 8.81. The van der Waals surface area contributed by atoms with Crippen LogP contribution in [0.15, 0.2) is 123 Å². The number of phenols is 2. The summed E-state index contributed by atoms with van der Waals surface area (Å²) in [6.07, 6.45) is 16.8. The molecule has 440 valence electrons. The second-order valence-corrected chi connectivity index (χ2v) is 17.2. The number of rotatable bonds is 12. The van der Waals surface area contributed by atoms with E-state index in [0.717, 1.165) is 74.0 Å². The third-order valence-corrected chi connectivity index (χ3v) is 9.17. The summed E-state index contributed by atoms with van der Waals surface area (Å²) in [5, 5.41) is 17.6. The molecule has 2 saturated carbocycles. The number of hydrogen-bond acceptors (Lipinski definition) is 8. The van der Waals surface area contributed by atoms with Crippen molar-refractivity contribution in [2.24, 2.45) is 0 Å². The number of hydrogen-bond donors (Lipinski definition) is 2. The Hall–Kier alpha value is -4.92. The van der Waals surface area contributed by atoms with Gasteiger partial charge in [-0.15, -0.1) is 0 Å². The van der Waals surface area contributed by atoms with E-state index in [0.29, 0.717) is 23.7 Å². The van der Waals surface area contributed by atoms with E-state index in [2.05, 4.69) is 94.5 Å². The topological polar surface area (TPSA) is 95.8 Å². The van der Waals surface area contributed by atoms with Crippen molar-refractivity contribution in [2.45, 2.75) is 266 Å². The van der Waals surface area contributed by atoms with Gasteiger partial charge in [0.2, 0.25) is 0 Å². The van der Waals surface area contributed by atoms with Crippen molar-refractivity contribution in [3.05, 3.63) is 145 Å². The standard InChI is InChI=1S/C24H32O4.C10H16O2.2C7H8O.4C3H8.4C2H6/c1-17-7-5-9-23(15-17)27-19(3)25-21-11-13-22(14-12-21)26-20(4)28-24-10-6-8-18(2)16-24;1-3-11-9-5-7-10(8-6-9)12-4-2;2*1-6-3-2-4-7(8)5-6;4*1-3-2;4*1-2/h5-10,15-16,19-22H,11-14H2,1-4H3;3-4,9-10H,1-2,5-8H2;2*2-5,8H,1H3;4*3H2,1-2H3;4*1-2H3. The summed E-state index contributed by atoms with van der Waals surface area (Å²) in [6.45, 7) is 52.0. The number of phenolic OH excluding ortho intramolecular Hbond substituents is 2. The van der Waals surface area contributed by atoms with E-state index in [1.807, 2.05) is 144 Å². The second-order valence-electron chi connectivity index (χ2n) is 17.2. The summed E-state index contributed by atoms with van der Waals surface area (Å²) < 4.78 is 34.5. The first-order valence-corrected chi connectivity index (χ1v) is 29.4. The van der Waals surface area contributed by atoms with Crippen LogP contribution in [-0.2, 0) is 18.9 Å². The summed E-state index contributed by atoms with van der Waals surface area (Å²) in [5.74, 6) is 2.38. The zero-order valence-electron chi connectivity index (χ0n) is 53.1. The fraction of sp³-hybridized carbons (Fsp3) is 0.588. The fourth-order valence-corrected chi connectivity index (χ4v) is 6.50. The Morgan fingerprint density at radius 3 is 0.829 bits per heavy atom. The molecule has 0 aromatic heterocycles. The van der Waals surface area contributed by atoms with Gasteiger partial charge in [-0.3, -0.25) is 0 Å². The van der Waals surface area contributed by atoms with E-state index < -0.39 is 0 Å². The summed E-state index contributed by atoms with van der Waals surface area (Å²) >= 11 is 0. The van der Waals surface area contributed by atoms with Crippen LogP contribution >= 0.6 is 0 Å². The molecule has 4 aromatic rings. The molecule has 0 spiro atoms. The lowest BCUT2D eigenvalue weighted by molar-refractivity contribution is -0.152. The lowest BCUT2D eigenvalue weighted by Gasteiger charge is -2.32. The normalized spacial score (nSPS) is 15.8. The highest BCUT2D eigenvalue weighted by atomic mass is 16.7. The number of aromatic hydroxyl groups is 2. The minimum absolute atomic E-state index is 0.215. The Kier molecular flexibility index (Phi) is 67.9. The van der Waals surface area contributed by atoms with Gasteiger partial charge in [-0.1, -0.05) is 198 Å². The lowest BCUT2D eigenvalue weighted by atomic mass is 9.95. The van der Waals surface area contributed by atoms with Crippen LogP contribution < -0.4 is 9.47 Å². The van der Waals surface area contributed by atoms with Crippen LogP contribution in [0.25, 0.3) is 0 Å². The Labute approximate surface area is 471 Å². The van der Waals surface area contributed by atoms with Gasteiger partial charge in [-0.05, 0) is 164 Å². The van der Waals surface area contributed by atoms with Crippen LogP contribution in [-0.4, -0.2) is 47.2 Å². The first-order valence-electron chi connectivity index (χ1n) is 29.4. The van der Waals surface area contributed by atoms with Gasteiger partial charge < -0.3 is 38.6 Å². The van der Waals surface area contributed by atoms with Crippen LogP contribution in [0.1, 0.15) is 224 Å². The summed E-state index contributed by atoms with van der Waals surface area (Å²) in [6, 6.07) is 30.4. The molecule has 2 atom stereocenters. The van der Waals surface area contributed by atoms with Gasteiger partial charge >= 0.3 is 0 Å². The van der Waals surface area contributed by atoms with Gasteiger partial charge in [0, 0.05) is 0 Å². The Bertz CT molecular complexity index is 1590. The van der Waals surface area contributed by atoms with Crippen LogP contribution in [0.2, 0.25) is 0 Å². The average Bonchev–Trinajstić information content (AvgIpc) is 3.39. The fourth-order valence-electron chi connectivity index (χ4n) is 6.50. The third-order valence-electron chi connectivity index (χ3n) is 9.17. The molecule has 76 heavy (non-hydrogen) atoms. The molecule has 0 aliphatic heterocycles. The van der Waals surface area contributed by atoms with E-state index >= 15 is 0 Å². The molecule has 0 heterocycles. The Morgan fingerprint density at radius 2 is 0.632 bits per heavy atom. The van der Waals surface area contributed by atoms with Gasteiger partial charge in [0.05, 0.1) is 36.9 Å². The summed E-state index contributed by atoms with van der Waals surface area (Å²) in [4.78, 5) is 0. The molecule has 2 fully saturated rings. The van der Waals surface area contributed by atoms with E-state index in [-0.39, 0.29) is 24.8 Å². The van der Waals surface area contributed by atoms with E-state index in [9.17, 15) is 0 Å². The zero-order valence-corrected chi connectivity index (χ0v) is 53.1. The maximum atomic E-state index is 8.81. The van der Waals surface area contributed by atoms with E-state index in [1.165, 1.54) is 49.3 Å². The SMILES string of the molecule is C=COC1CCC(OC=C)CC1.CC.CC.CC.CC.CCC.CCC.CCC.CCC.Cc1cccc(O)c1.Cc1cccc(O)c1.Cc1cccc(OC(C)OC2CCC(OC(C)Oc3cccc(C)c3)CC2)c1. The monoisotopic (exact) mass is 1060 g/mol. The molecule has 2 N–H and O–H groups in total. The smallest absolute Gasteiger partial charge is 0.197 e. The van der Waals surface area contributed by atoms with E-state index in [4.69, 9.17) is 38.6 Å². The summed E-state index contributed by atoms with van der Waals surface area (Å²) in [7, 11) is 0. The molecule has 6 rings (SSSR count). The van der Waals surface area contributed by atoms with Crippen molar-refractivity contribution in [2.75, 3.05) is 0 Å². The first-order chi connectivity index (χ1) is 36.6. The van der Waals surface area contributed by atoms with Crippen molar-refractivity contribution in [1.82, 2.24) is 0 Å². The highest BCUT2D eigenvalue weighted by Gasteiger charge is 2.26. The molecule has 8 nitrogen and oxygen atoms in total. The molecule has 0 amide bonds. The van der Waals surface area contributed by atoms with Crippen molar-refractivity contribution < 1.29 is 38.6 Å².